The van der Waals surface area contributed by atoms with Crippen LogP contribution in [0.15, 0.2) is 29.4 Å². The predicted octanol–water partition coefficient (Wildman–Crippen LogP) is 4.67. The zero-order valence-electron chi connectivity index (χ0n) is 13.8. The summed E-state index contributed by atoms with van der Waals surface area (Å²) in [6.45, 7) is 6.28. The zero-order chi connectivity index (χ0) is 17.5. The van der Waals surface area contributed by atoms with Crippen molar-refractivity contribution < 1.29 is 4.39 Å². The van der Waals surface area contributed by atoms with Crippen molar-refractivity contribution in [1.29, 1.82) is 5.41 Å². The number of nitrogens with one attached hydrogen (secondary N) is 1. The van der Waals surface area contributed by atoms with Crippen molar-refractivity contribution in [1.82, 2.24) is 9.97 Å². The summed E-state index contributed by atoms with van der Waals surface area (Å²) < 4.78 is 14.7. The molecule has 0 spiro atoms. The summed E-state index contributed by atoms with van der Waals surface area (Å²) in [7, 11) is 0. The van der Waals surface area contributed by atoms with Crippen LogP contribution in [0.4, 0.5) is 4.39 Å². The van der Waals surface area contributed by atoms with Gasteiger partial charge >= 0.3 is 0 Å². The van der Waals surface area contributed by atoms with Gasteiger partial charge < -0.3 is 5.41 Å². The topological polar surface area (TPSA) is 62.0 Å². The molecule has 3 rings (SSSR count). The highest BCUT2D eigenvalue weighted by Gasteiger charge is 2.44. The maximum atomic E-state index is 14.7. The van der Waals surface area contributed by atoms with Gasteiger partial charge in [-0.15, -0.1) is 0 Å². The van der Waals surface area contributed by atoms with E-state index in [9.17, 15) is 4.39 Å². The number of hydrogen-bond acceptors (Lipinski definition) is 5. The molecule has 0 amide bonds. The fourth-order valence-electron chi connectivity index (χ4n) is 2.90. The van der Waals surface area contributed by atoms with Crippen molar-refractivity contribution in [2.75, 3.05) is 0 Å². The summed E-state index contributed by atoms with van der Waals surface area (Å²) in [6.07, 6.45) is 4.41. The average molecular weight is 367 g/mol. The van der Waals surface area contributed by atoms with Gasteiger partial charge in [0.05, 0.1) is 22.0 Å². The molecule has 1 aliphatic carbocycles. The van der Waals surface area contributed by atoms with Crippen LogP contribution in [0.3, 0.4) is 0 Å². The first kappa shape index (κ1) is 17.5. The van der Waals surface area contributed by atoms with E-state index in [0.717, 1.165) is 10.7 Å². The molecule has 1 N–H and O–H groups in total. The molecule has 4 nitrogen and oxygen atoms in total. The lowest BCUT2D eigenvalue weighted by atomic mass is 9.84. The van der Waals surface area contributed by atoms with Crippen LogP contribution in [0, 0.1) is 16.7 Å². The van der Waals surface area contributed by atoms with E-state index in [4.69, 9.17) is 22.0 Å². The molecule has 1 aromatic rings. The highest BCUT2D eigenvalue weighted by atomic mass is 35.5. The third-order valence-corrected chi connectivity index (χ3v) is 6.05. The normalized spacial score (nSPS) is 30.5. The Morgan fingerprint density at radius 2 is 2.12 bits per heavy atom. The van der Waals surface area contributed by atoms with Gasteiger partial charge in [-0.05, 0) is 17.7 Å². The SMILES string of the molecule is CC(C)(C)C1=NC(C2C=CCC(=N)C2F)C(c2ccnc(Cl)n2)S1. The summed E-state index contributed by atoms with van der Waals surface area (Å²) in [5.41, 5.74) is 0.753. The summed E-state index contributed by atoms with van der Waals surface area (Å²) in [5.74, 6) is -0.447. The van der Waals surface area contributed by atoms with Gasteiger partial charge in [0.25, 0.3) is 0 Å². The first-order chi connectivity index (χ1) is 11.3. The van der Waals surface area contributed by atoms with Crippen LogP contribution in [0.5, 0.6) is 0 Å². The molecule has 128 valence electrons. The number of allylic oxidation sites excluding steroid dienone is 1. The van der Waals surface area contributed by atoms with Gasteiger partial charge in [0.2, 0.25) is 5.28 Å². The fraction of sp³-hybridized carbons (Fsp3) is 0.529. The number of halogens is 2. The van der Waals surface area contributed by atoms with Crippen molar-refractivity contribution in [3.63, 3.8) is 0 Å². The first-order valence-corrected chi connectivity index (χ1v) is 9.14. The van der Waals surface area contributed by atoms with Crippen LogP contribution in [-0.4, -0.2) is 32.9 Å². The summed E-state index contributed by atoms with van der Waals surface area (Å²) >= 11 is 7.56. The highest BCUT2D eigenvalue weighted by Crippen LogP contribution is 2.48. The van der Waals surface area contributed by atoms with Crippen LogP contribution in [0.1, 0.15) is 38.1 Å². The molecule has 2 heterocycles. The van der Waals surface area contributed by atoms with E-state index in [1.54, 1.807) is 18.0 Å². The van der Waals surface area contributed by atoms with Crippen molar-refractivity contribution in [3.8, 4) is 0 Å². The molecule has 4 atom stereocenters. The quantitative estimate of drug-likeness (QED) is 0.611. The van der Waals surface area contributed by atoms with Gasteiger partial charge in [0.1, 0.15) is 6.17 Å². The zero-order valence-corrected chi connectivity index (χ0v) is 15.4. The molecule has 7 heteroatoms. The second-order valence-corrected chi connectivity index (χ2v) is 8.57. The van der Waals surface area contributed by atoms with E-state index in [1.807, 2.05) is 18.2 Å². The number of aromatic nitrogens is 2. The Bertz CT molecular complexity index is 713. The maximum Gasteiger partial charge on any atom is 0.222 e. The van der Waals surface area contributed by atoms with Gasteiger partial charge in [0, 0.05) is 29.7 Å². The Labute approximate surface area is 150 Å². The molecule has 1 aliphatic heterocycles. The molecule has 0 aromatic carbocycles. The molecular formula is C17H20ClFN4S. The number of alkyl halides is 1. The lowest BCUT2D eigenvalue weighted by Crippen LogP contribution is -2.35. The van der Waals surface area contributed by atoms with Gasteiger partial charge in [-0.2, -0.15) is 0 Å². The molecule has 0 saturated carbocycles. The molecule has 0 radical (unpaired) electrons. The van der Waals surface area contributed by atoms with Crippen LogP contribution in [-0.2, 0) is 0 Å². The third-order valence-electron chi connectivity index (χ3n) is 4.16. The van der Waals surface area contributed by atoms with E-state index in [-0.39, 0.29) is 27.7 Å². The number of rotatable bonds is 2. The molecule has 0 fully saturated rings. The first-order valence-electron chi connectivity index (χ1n) is 7.89. The van der Waals surface area contributed by atoms with E-state index in [1.165, 1.54) is 0 Å². The second kappa shape index (κ2) is 6.56. The van der Waals surface area contributed by atoms with Gasteiger partial charge in [-0.1, -0.05) is 44.7 Å². The van der Waals surface area contributed by atoms with Crippen molar-refractivity contribution >= 4 is 34.1 Å². The fourth-order valence-corrected chi connectivity index (χ4v) is 4.47. The minimum Gasteiger partial charge on any atom is -0.306 e. The second-order valence-electron chi connectivity index (χ2n) is 7.10. The maximum absolute atomic E-state index is 14.7. The number of hydrogen-bond donors (Lipinski definition) is 1. The summed E-state index contributed by atoms with van der Waals surface area (Å²) in [6, 6.07) is 1.50. The van der Waals surface area contributed by atoms with Gasteiger partial charge in [-0.3, -0.25) is 4.99 Å². The van der Waals surface area contributed by atoms with E-state index in [0.29, 0.717) is 6.42 Å². The minimum atomic E-state index is -1.30. The molecule has 24 heavy (non-hydrogen) atoms. The average Bonchev–Trinajstić information content (AvgIpc) is 2.95. The van der Waals surface area contributed by atoms with Crippen molar-refractivity contribution in [2.24, 2.45) is 16.3 Å². The van der Waals surface area contributed by atoms with Gasteiger partial charge in [0.15, 0.2) is 0 Å². The third kappa shape index (κ3) is 3.40. The van der Waals surface area contributed by atoms with E-state index in [2.05, 4.69) is 30.7 Å². The van der Waals surface area contributed by atoms with Crippen LogP contribution < -0.4 is 0 Å². The summed E-state index contributed by atoms with van der Waals surface area (Å²) in [4.78, 5) is 13.1. The molecule has 2 aliphatic rings. The van der Waals surface area contributed by atoms with E-state index < -0.39 is 12.1 Å². The number of thioether (sulfide) groups is 1. The molecule has 1 aromatic heterocycles. The van der Waals surface area contributed by atoms with Crippen LogP contribution >= 0.6 is 23.4 Å². The Morgan fingerprint density at radius 1 is 1.38 bits per heavy atom. The van der Waals surface area contributed by atoms with Gasteiger partial charge in [-0.25, -0.2) is 14.4 Å². The lowest BCUT2D eigenvalue weighted by molar-refractivity contribution is 0.297. The lowest BCUT2D eigenvalue weighted by Gasteiger charge is -2.29. The highest BCUT2D eigenvalue weighted by molar-refractivity contribution is 8.14. The molecule has 0 bridgehead atoms. The monoisotopic (exact) mass is 366 g/mol. The number of nitrogens with zero attached hydrogens (tertiary/aromatic N) is 3. The van der Waals surface area contributed by atoms with Crippen molar-refractivity contribution in [2.45, 2.75) is 44.7 Å². The van der Waals surface area contributed by atoms with Crippen LogP contribution in [0.2, 0.25) is 5.28 Å². The smallest absolute Gasteiger partial charge is 0.222 e. The minimum absolute atomic E-state index is 0.117. The largest absolute Gasteiger partial charge is 0.306 e. The van der Waals surface area contributed by atoms with E-state index >= 15 is 0 Å². The Kier molecular flexibility index (Phi) is 4.80. The molecular weight excluding hydrogens is 347 g/mol. The predicted molar refractivity (Wildman–Crippen MR) is 97.9 cm³/mol. The molecule has 0 saturated heterocycles. The molecule has 4 unspecified atom stereocenters. The van der Waals surface area contributed by atoms with Crippen molar-refractivity contribution in [3.05, 3.63) is 35.4 Å². The number of aliphatic imine (C=N–C) groups is 1. The Hall–Kier alpha value is -1.27. The Morgan fingerprint density at radius 3 is 2.79 bits per heavy atom. The summed E-state index contributed by atoms with van der Waals surface area (Å²) in [5, 5.41) is 8.87. The Balaban J connectivity index is 2.00. The van der Waals surface area contributed by atoms with Crippen LogP contribution in [0.25, 0.3) is 0 Å². The standard InChI is InChI=1S/C17H20ClFN4S/c1-17(2,3)15-23-13(9-5-4-6-10(20)12(9)19)14(24-15)11-7-8-21-16(18)22-11/h4-5,7-9,12-14,20H,6H2,1-3H3.